The lowest BCUT2D eigenvalue weighted by molar-refractivity contribution is -0.165. The first-order valence-electron chi connectivity index (χ1n) is 6.00. The molecule has 0 aliphatic carbocycles. The molecule has 1 atom stereocenters. The molecule has 0 fully saturated rings. The number of carboxylic acid groups (broad SMARTS) is 1. The molecule has 0 heterocycles. The Bertz CT molecular complexity index is 249. The number of esters is 1. The summed E-state index contributed by atoms with van der Waals surface area (Å²) in [5.74, 6) is -2.32. The van der Waals surface area contributed by atoms with E-state index >= 15 is 0 Å². The Balaban J connectivity index is 3.74. The molecule has 0 aromatic carbocycles. The summed E-state index contributed by atoms with van der Waals surface area (Å²) in [6, 6.07) is 0. The van der Waals surface area contributed by atoms with Gasteiger partial charge in [0.2, 0.25) is 6.29 Å². The van der Waals surface area contributed by atoms with Crippen LogP contribution in [0.4, 0.5) is 0 Å². The lowest BCUT2D eigenvalue weighted by Gasteiger charge is -2.11. The molecule has 0 amide bonds. The molecule has 1 unspecified atom stereocenters. The maximum atomic E-state index is 10.7. The molecule has 0 saturated carbocycles. The highest BCUT2D eigenvalue weighted by Crippen LogP contribution is 2.10. The predicted octanol–water partition coefficient (Wildman–Crippen LogP) is 1.93. The number of carbonyl (C=O) groups excluding carboxylic acids is 2. The lowest BCUT2D eigenvalue weighted by Crippen LogP contribution is -2.27. The zero-order valence-corrected chi connectivity index (χ0v) is 10.2. The number of hydrogen-bond acceptors (Lipinski definition) is 4. The standard InChI is InChI=1S/C12H20O5/c1-2-3-4-5-6-7-8-10(12(15)16)17-11(14)9-13/h9-10H,2-8H2,1H3,(H,15,16). The van der Waals surface area contributed by atoms with Gasteiger partial charge in [-0.05, 0) is 12.8 Å². The second kappa shape index (κ2) is 9.81. The molecule has 5 nitrogen and oxygen atoms in total. The molecule has 0 aliphatic rings. The molecule has 1 N–H and O–H groups in total. The fourth-order valence-corrected chi connectivity index (χ4v) is 1.51. The molecule has 5 heteroatoms. The number of ether oxygens (including phenoxy) is 1. The quantitative estimate of drug-likeness (QED) is 0.275. The highest BCUT2D eigenvalue weighted by atomic mass is 16.6. The monoisotopic (exact) mass is 244 g/mol. The van der Waals surface area contributed by atoms with E-state index < -0.39 is 18.0 Å². The number of hydrogen-bond donors (Lipinski definition) is 1. The van der Waals surface area contributed by atoms with E-state index in [1.54, 1.807) is 0 Å². The average molecular weight is 244 g/mol. The Morgan fingerprint density at radius 2 is 1.76 bits per heavy atom. The van der Waals surface area contributed by atoms with Gasteiger partial charge in [0.1, 0.15) is 0 Å². The molecule has 0 aromatic rings. The second-order valence-electron chi connectivity index (χ2n) is 3.94. The Morgan fingerprint density at radius 1 is 1.18 bits per heavy atom. The zero-order valence-electron chi connectivity index (χ0n) is 10.2. The molecule has 0 bridgehead atoms. The SMILES string of the molecule is CCCCCCCCC(OC(=O)C=O)C(=O)O. The number of aliphatic carboxylic acids is 1. The van der Waals surface area contributed by atoms with Crippen LogP contribution in [0, 0.1) is 0 Å². The van der Waals surface area contributed by atoms with E-state index in [0.717, 1.165) is 25.7 Å². The first kappa shape index (κ1) is 15.6. The molecule has 0 aliphatic heterocycles. The first-order chi connectivity index (χ1) is 8.11. The smallest absolute Gasteiger partial charge is 0.372 e. The molecule has 98 valence electrons. The minimum Gasteiger partial charge on any atom is -0.479 e. The third-order valence-electron chi connectivity index (χ3n) is 2.45. The van der Waals surface area contributed by atoms with Crippen LogP contribution < -0.4 is 0 Å². The summed E-state index contributed by atoms with van der Waals surface area (Å²) in [6.45, 7) is 2.12. The number of rotatable bonds is 10. The summed E-state index contributed by atoms with van der Waals surface area (Å²) in [6.07, 6.45) is 5.20. The van der Waals surface area contributed by atoms with E-state index in [4.69, 9.17) is 5.11 Å². The zero-order chi connectivity index (χ0) is 13.1. The van der Waals surface area contributed by atoms with Crippen molar-refractivity contribution in [3.05, 3.63) is 0 Å². The summed E-state index contributed by atoms with van der Waals surface area (Å²) in [7, 11) is 0. The van der Waals surface area contributed by atoms with Gasteiger partial charge in [-0.1, -0.05) is 39.0 Å². The van der Waals surface area contributed by atoms with Gasteiger partial charge >= 0.3 is 11.9 Å². The van der Waals surface area contributed by atoms with Gasteiger partial charge in [0.05, 0.1) is 0 Å². The van der Waals surface area contributed by atoms with Gasteiger partial charge < -0.3 is 9.84 Å². The van der Waals surface area contributed by atoms with Crippen molar-refractivity contribution < 1.29 is 24.2 Å². The van der Waals surface area contributed by atoms with Crippen LogP contribution in [-0.4, -0.2) is 29.4 Å². The number of unbranched alkanes of at least 4 members (excludes halogenated alkanes) is 5. The van der Waals surface area contributed by atoms with Crippen LogP contribution in [0.25, 0.3) is 0 Å². The topological polar surface area (TPSA) is 80.7 Å². The fourth-order valence-electron chi connectivity index (χ4n) is 1.51. The minimum atomic E-state index is -1.20. The number of aldehydes is 1. The molecular weight excluding hydrogens is 224 g/mol. The largest absolute Gasteiger partial charge is 0.479 e. The summed E-state index contributed by atoms with van der Waals surface area (Å²) < 4.78 is 4.48. The highest BCUT2D eigenvalue weighted by Gasteiger charge is 2.21. The van der Waals surface area contributed by atoms with Gasteiger partial charge in [-0.3, -0.25) is 4.79 Å². The number of carbonyl (C=O) groups is 3. The molecule has 0 saturated heterocycles. The Hall–Kier alpha value is -1.39. The summed E-state index contributed by atoms with van der Waals surface area (Å²) in [5, 5.41) is 8.77. The molecule has 17 heavy (non-hydrogen) atoms. The van der Waals surface area contributed by atoms with Gasteiger partial charge in [0, 0.05) is 0 Å². The Morgan fingerprint density at radius 3 is 2.29 bits per heavy atom. The van der Waals surface area contributed by atoms with Gasteiger partial charge in [0.15, 0.2) is 6.10 Å². The van der Waals surface area contributed by atoms with Crippen molar-refractivity contribution in [2.75, 3.05) is 0 Å². The molecule has 0 radical (unpaired) electrons. The van der Waals surface area contributed by atoms with Crippen LogP contribution in [0.2, 0.25) is 0 Å². The van der Waals surface area contributed by atoms with Crippen LogP contribution in [-0.2, 0) is 19.1 Å². The minimum absolute atomic E-state index is 0.0167. The van der Waals surface area contributed by atoms with Crippen molar-refractivity contribution in [2.45, 2.75) is 58.0 Å². The summed E-state index contributed by atoms with van der Waals surface area (Å²) >= 11 is 0. The first-order valence-corrected chi connectivity index (χ1v) is 6.00. The van der Waals surface area contributed by atoms with Crippen molar-refractivity contribution in [1.29, 1.82) is 0 Å². The number of carboxylic acids is 1. The highest BCUT2D eigenvalue weighted by molar-refractivity contribution is 6.20. The van der Waals surface area contributed by atoms with Crippen molar-refractivity contribution >= 4 is 18.2 Å². The summed E-state index contributed by atoms with van der Waals surface area (Å²) in [5.41, 5.74) is 0. The third-order valence-corrected chi connectivity index (χ3v) is 2.45. The third kappa shape index (κ3) is 8.42. The van der Waals surface area contributed by atoms with Gasteiger partial charge in [-0.25, -0.2) is 9.59 Å². The van der Waals surface area contributed by atoms with E-state index in [9.17, 15) is 14.4 Å². The average Bonchev–Trinajstić information content (AvgIpc) is 2.31. The van der Waals surface area contributed by atoms with E-state index in [0.29, 0.717) is 6.42 Å². The van der Waals surface area contributed by atoms with Gasteiger partial charge in [0.25, 0.3) is 0 Å². The van der Waals surface area contributed by atoms with Crippen molar-refractivity contribution in [2.24, 2.45) is 0 Å². The van der Waals surface area contributed by atoms with Crippen LogP contribution in [0.3, 0.4) is 0 Å². The van der Waals surface area contributed by atoms with E-state index in [1.807, 2.05) is 0 Å². The van der Waals surface area contributed by atoms with E-state index in [2.05, 4.69) is 11.7 Å². The lowest BCUT2D eigenvalue weighted by atomic mass is 10.1. The van der Waals surface area contributed by atoms with E-state index in [1.165, 1.54) is 6.42 Å². The Kier molecular flexibility index (Phi) is 9.01. The maximum absolute atomic E-state index is 10.7. The predicted molar refractivity (Wildman–Crippen MR) is 61.6 cm³/mol. The van der Waals surface area contributed by atoms with E-state index in [-0.39, 0.29) is 12.7 Å². The van der Waals surface area contributed by atoms with Crippen LogP contribution in [0.5, 0.6) is 0 Å². The maximum Gasteiger partial charge on any atom is 0.372 e. The van der Waals surface area contributed by atoms with Crippen molar-refractivity contribution in [3.63, 3.8) is 0 Å². The molecule has 0 rings (SSSR count). The fraction of sp³-hybridized carbons (Fsp3) is 0.750. The van der Waals surface area contributed by atoms with Crippen LogP contribution in [0.15, 0.2) is 0 Å². The van der Waals surface area contributed by atoms with Crippen molar-refractivity contribution in [3.8, 4) is 0 Å². The van der Waals surface area contributed by atoms with Gasteiger partial charge in [-0.15, -0.1) is 0 Å². The van der Waals surface area contributed by atoms with Crippen molar-refractivity contribution in [1.82, 2.24) is 0 Å². The molecule has 0 aromatic heterocycles. The Labute approximate surface area is 101 Å². The molecular formula is C12H20O5. The van der Waals surface area contributed by atoms with Crippen LogP contribution in [0.1, 0.15) is 51.9 Å². The molecule has 0 spiro atoms. The van der Waals surface area contributed by atoms with Gasteiger partial charge in [-0.2, -0.15) is 0 Å². The van der Waals surface area contributed by atoms with Crippen LogP contribution >= 0.6 is 0 Å². The summed E-state index contributed by atoms with van der Waals surface area (Å²) in [4.78, 5) is 31.4. The second-order valence-corrected chi connectivity index (χ2v) is 3.94. The normalized spacial score (nSPS) is 11.8.